The lowest BCUT2D eigenvalue weighted by Gasteiger charge is -2.27. The van der Waals surface area contributed by atoms with Crippen LogP contribution in [0.25, 0.3) is 0 Å². The minimum Gasteiger partial charge on any atom is -0.497 e. The van der Waals surface area contributed by atoms with Crippen LogP contribution in [0.1, 0.15) is 18.9 Å². The maximum atomic E-state index is 15.7. The van der Waals surface area contributed by atoms with Gasteiger partial charge in [0.25, 0.3) is 10.0 Å². The summed E-state index contributed by atoms with van der Waals surface area (Å²) in [6, 6.07) is 8.83. The zero-order chi connectivity index (χ0) is 28.5. The highest BCUT2D eigenvalue weighted by atomic mass is 35.5. The average Bonchev–Trinajstić information content (AvgIpc) is 3.31. The number of hydrogen-bond acceptors (Lipinski definition) is 7. The molecule has 1 aliphatic rings. The monoisotopic (exact) mass is 585 g/mol. The van der Waals surface area contributed by atoms with Gasteiger partial charge < -0.3 is 19.5 Å². The second kappa shape index (κ2) is 11.1. The number of sulfonamides is 1. The molecule has 210 valence electrons. The summed E-state index contributed by atoms with van der Waals surface area (Å²) in [6.45, 7) is 1.81. The molecule has 0 saturated carbocycles. The van der Waals surface area contributed by atoms with Gasteiger partial charge in [-0.1, -0.05) is 24.6 Å². The standard InChI is InChI=1S/C26H27ClF3N3O5S/c1-26(15-34)9-10-32(14-26)19-12-18(28)25(24(30)23(19)27)39(35,36)33(22-6-4-5-21(29)31-22)13-16-7-8-17(37-2)11-20(16)38-3/h4-8,11-12,34H,9-10,13-15H2,1-3H3/t26-/m1/s1. The Balaban J connectivity index is 1.83. The topological polar surface area (TPSA) is 92.2 Å². The molecule has 1 aromatic heterocycles. The molecule has 0 unspecified atom stereocenters. The van der Waals surface area contributed by atoms with E-state index in [1.807, 2.05) is 6.92 Å². The van der Waals surface area contributed by atoms with Gasteiger partial charge in [0.15, 0.2) is 10.7 Å². The predicted octanol–water partition coefficient (Wildman–Crippen LogP) is 4.77. The molecule has 1 atom stereocenters. The third-order valence-corrected chi connectivity index (χ3v) is 8.84. The van der Waals surface area contributed by atoms with Crippen LogP contribution in [0.5, 0.6) is 11.5 Å². The van der Waals surface area contributed by atoms with Crippen LogP contribution < -0.4 is 18.7 Å². The highest BCUT2D eigenvalue weighted by molar-refractivity contribution is 7.92. The van der Waals surface area contributed by atoms with Gasteiger partial charge in [0.2, 0.25) is 5.95 Å². The first-order chi connectivity index (χ1) is 18.4. The summed E-state index contributed by atoms with van der Waals surface area (Å²) in [5.41, 5.74) is -0.245. The van der Waals surface area contributed by atoms with E-state index in [4.69, 9.17) is 21.1 Å². The second-order valence-electron chi connectivity index (χ2n) is 9.48. The highest BCUT2D eigenvalue weighted by Crippen LogP contribution is 2.41. The molecule has 2 aromatic carbocycles. The van der Waals surface area contributed by atoms with E-state index in [0.717, 1.165) is 12.1 Å². The van der Waals surface area contributed by atoms with Crippen molar-refractivity contribution < 1.29 is 36.2 Å². The third-order valence-electron chi connectivity index (χ3n) is 6.69. The number of rotatable bonds is 9. The molecule has 1 aliphatic heterocycles. The maximum Gasteiger partial charge on any atom is 0.271 e. The molecule has 0 spiro atoms. The lowest BCUT2D eigenvalue weighted by atomic mass is 9.91. The number of methoxy groups -OCH3 is 2. The summed E-state index contributed by atoms with van der Waals surface area (Å²) in [5, 5.41) is 9.06. The number of anilines is 2. The molecule has 2 heterocycles. The minimum atomic E-state index is -5.04. The Hall–Kier alpha value is -3.22. The second-order valence-corrected chi connectivity index (χ2v) is 11.7. The van der Waals surface area contributed by atoms with Gasteiger partial charge in [0.05, 0.1) is 33.1 Å². The number of nitrogens with zero attached hydrogens (tertiary/aromatic N) is 3. The maximum absolute atomic E-state index is 15.7. The molecule has 3 aromatic rings. The van der Waals surface area contributed by atoms with Crippen molar-refractivity contribution in [1.82, 2.24) is 4.98 Å². The fourth-order valence-electron chi connectivity index (χ4n) is 4.46. The molecular formula is C26H27ClF3N3O5S. The van der Waals surface area contributed by atoms with Gasteiger partial charge in [0.1, 0.15) is 28.2 Å². The smallest absolute Gasteiger partial charge is 0.271 e. The molecule has 0 amide bonds. The van der Waals surface area contributed by atoms with Crippen LogP contribution in [0, 0.1) is 23.0 Å². The summed E-state index contributed by atoms with van der Waals surface area (Å²) in [5.74, 6) is -3.64. The van der Waals surface area contributed by atoms with Crippen LogP contribution in [-0.4, -0.2) is 52.4 Å². The Morgan fingerprint density at radius 3 is 2.51 bits per heavy atom. The molecule has 1 N–H and O–H groups in total. The van der Waals surface area contributed by atoms with E-state index in [1.54, 1.807) is 11.0 Å². The zero-order valence-electron chi connectivity index (χ0n) is 21.4. The number of aliphatic hydroxyl groups excluding tert-OH is 1. The molecule has 0 radical (unpaired) electrons. The number of halogens is 4. The van der Waals surface area contributed by atoms with Gasteiger partial charge in [-0.15, -0.1) is 0 Å². The third kappa shape index (κ3) is 5.59. The van der Waals surface area contributed by atoms with Crippen molar-refractivity contribution in [3.8, 4) is 11.5 Å². The Morgan fingerprint density at radius 1 is 1.15 bits per heavy atom. The van der Waals surface area contributed by atoms with Crippen molar-refractivity contribution in [2.75, 3.05) is 43.1 Å². The van der Waals surface area contributed by atoms with Gasteiger partial charge in [-0.05, 0) is 30.7 Å². The number of pyridine rings is 1. The normalized spacial score (nSPS) is 17.4. The van der Waals surface area contributed by atoms with Crippen molar-refractivity contribution in [2.24, 2.45) is 5.41 Å². The van der Waals surface area contributed by atoms with Crippen molar-refractivity contribution >= 4 is 33.1 Å². The number of hydrogen-bond donors (Lipinski definition) is 1. The van der Waals surface area contributed by atoms with Crippen molar-refractivity contribution in [2.45, 2.75) is 24.8 Å². The Morgan fingerprint density at radius 2 is 1.90 bits per heavy atom. The minimum absolute atomic E-state index is 0.0324. The fraction of sp³-hybridized carbons (Fsp3) is 0.346. The van der Waals surface area contributed by atoms with Crippen molar-refractivity contribution in [3.05, 3.63) is 70.6 Å². The van der Waals surface area contributed by atoms with E-state index in [0.29, 0.717) is 23.0 Å². The summed E-state index contributed by atoms with van der Waals surface area (Å²) < 4.78 is 84.1. The van der Waals surface area contributed by atoms with Crippen molar-refractivity contribution in [1.29, 1.82) is 0 Å². The van der Waals surface area contributed by atoms with Crippen LogP contribution in [0.15, 0.2) is 47.4 Å². The first-order valence-electron chi connectivity index (χ1n) is 11.8. The molecular weight excluding hydrogens is 559 g/mol. The Kier molecular flexibility index (Phi) is 8.20. The highest BCUT2D eigenvalue weighted by Gasteiger charge is 2.38. The van der Waals surface area contributed by atoms with E-state index in [2.05, 4.69) is 4.98 Å². The largest absolute Gasteiger partial charge is 0.497 e. The molecule has 0 aliphatic carbocycles. The van der Waals surface area contributed by atoms with Gasteiger partial charge in [-0.25, -0.2) is 26.5 Å². The molecule has 1 fully saturated rings. The van der Waals surface area contributed by atoms with Gasteiger partial charge in [0, 0.05) is 36.2 Å². The lowest BCUT2D eigenvalue weighted by molar-refractivity contribution is 0.162. The van der Waals surface area contributed by atoms with Crippen LogP contribution in [0.4, 0.5) is 24.7 Å². The molecule has 13 heteroatoms. The lowest BCUT2D eigenvalue weighted by Crippen LogP contribution is -2.33. The van der Waals surface area contributed by atoms with E-state index in [-0.39, 0.29) is 30.2 Å². The predicted molar refractivity (Wildman–Crippen MR) is 141 cm³/mol. The summed E-state index contributed by atoms with van der Waals surface area (Å²) in [6.07, 6.45) is 0.547. The van der Waals surface area contributed by atoms with Gasteiger partial charge in [-0.3, -0.25) is 0 Å². The average molecular weight is 586 g/mol. The number of aromatic nitrogens is 1. The number of ether oxygens (including phenoxy) is 2. The molecule has 8 nitrogen and oxygen atoms in total. The number of benzene rings is 2. The zero-order valence-corrected chi connectivity index (χ0v) is 23.0. The first kappa shape index (κ1) is 28.8. The molecule has 39 heavy (non-hydrogen) atoms. The Labute approximate surface area is 229 Å². The van der Waals surface area contributed by atoms with Gasteiger partial charge in [-0.2, -0.15) is 4.39 Å². The number of aliphatic hydroxyl groups is 1. The van der Waals surface area contributed by atoms with Crippen LogP contribution in [-0.2, 0) is 16.6 Å². The fourth-order valence-corrected chi connectivity index (χ4v) is 6.30. The molecule has 4 rings (SSSR count). The van der Waals surface area contributed by atoms with E-state index in [9.17, 15) is 17.9 Å². The van der Waals surface area contributed by atoms with E-state index < -0.39 is 55.3 Å². The molecule has 0 bridgehead atoms. The van der Waals surface area contributed by atoms with Crippen molar-refractivity contribution in [3.63, 3.8) is 0 Å². The summed E-state index contributed by atoms with van der Waals surface area (Å²) >= 11 is 6.27. The SMILES string of the molecule is COc1ccc(CN(c2cccc(F)n2)S(=O)(=O)c2c(F)cc(N3CC[C@@](C)(CO)C3)c(Cl)c2F)c(OC)c1. The van der Waals surface area contributed by atoms with Crippen LogP contribution in [0.2, 0.25) is 5.02 Å². The Bertz CT molecular complexity index is 1490. The van der Waals surface area contributed by atoms with Gasteiger partial charge >= 0.3 is 0 Å². The summed E-state index contributed by atoms with van der Waals surface area (Å²) in [7, 11) is -2.24. The van der Waals surface area contributed by atoms with E-state index >= 15 is 8.78 Å². The van der Waals surface area contributed by atoms with Crippen LogP contribution >= 0.6 is 11.6 Å². The molecule has 1 saturated heterocycles. The van der Waals surface area contributed by atoms with Crippen LogP contribution in [0.3, 0.4) is 0 Å². The summed E-state index contributed by atoms with van der Waals surface area (Å²) in [4.78, 5) is 3.93. The first-order valence-corrected chi connectivity index (χ1v) is 13.7. The quantitative estimate of drug-likeness (QED) is 0.286. The van der Waals surface area contributed by atoms with E-state index in [1.165, 1.54) is 38.5 Å².